The third-order valence-corrected chi connectivity index (χ3v) is 3.54. The van der Waals surface area contributed by atoms with Crippen LogP contribution in [0.15, 0.2) is 36.4 Å². The Hall–Kier alpha value is -2.60. The van der Waals surface area contributed by atoms with Crippen LogP contribution in [0.1, 0.15) is 15.9 Å². The molecule has 0 aliphatic rings. The van der Waals surface area contributed by atoms with Crippen LogP contribution >= 0.6 is 11.6 Å². The summed E-state index contributed by atoms with van der Waals surface area (Å²) in [6.45, 7) is 0.356. The van der Waals surface area contributed by atoms with Gasteiger partial charge in [0.1, 0.15) is 5.82 Å². The average Bonchev–Trinajstić information content (AvgIpc) is 2.87. The normalized spacial score (nSPS) is 10.8. The summed E-state index contributed by atoms with van der Waals surface area (Å²) in [5.41, 5.74) is 7.61. The molecule has 0 unspecified atom stereocenters. The van der Waals surface area contributed by atoms with E-state index in [1.807, 2.05) is 6.07 Å². The quantitative estimate of drug-likeness (QED) is 0.691. The van der Waals surface area contributed by atoms with Crippen molar-refractivity contribution in [2.24, 2.45) is 5.73 Å². The molecule has 0 aliphatic heterocycles. The van der Waals surface area contributed by atoms with Gasteiger partial charge in [-0.25, -0.2) is 9.37 Å². The van der Waals surface area contributed by atoms with Gasteiger partial charge in [0.25, 0.3) is 0 Å². The number of carbonyl (C=O) groups is 1. The molecule has 1 heterocycles. The molecule has 5 nitrogen and oxygen atoms in total. The molecule has 0 atom stereocenters. The zero-order valence-corrected chi connectivity index (χ0v) is 12.1. The summed E-state index contributed by atoms with van der Waals surface area (Å²) in [5, 5.41) is 3.06. The highest BCUT2D eigenvalue weighted by Crippen LogP contribution is 2.22. The number of nitrogens with two attached hydrogens (primary N) is 1. The van der Waals surface area contributed by atoms with Gasteiger partial charge in [-0.2, -0.15) is 0 Å². The highest BCUT2D eigenvalue weighted by atomic mass is 35.5. The molecular weight excluding hydrogens is 307 g/mol. The van der Waals surface area contributed by atoms with E-state index in [-0.39, 0.29) is 5.02 Å². The number of fused-ring (bicyclic) bond motifs is 1. The van der Waals surface area contributed by atoms with Crippen LogP contribution in [0, 0.1) is 5.82 Å². The Morgan fingerprint density at radius 2 is 2.14 bits per heavy atom. The van der Waals surface area contributed by atoms with E-state index < -0.39 is 11.7 Å². The first-order chi connectivity index (χ1) is 10.5. The van der Waals surface area contributed by atoms with E-state index in [1.54, 1.807) is 18.2 Å². The number of anilines is 1. The molecule has 1 aromatic heterocycles. The molecule has 0 radical (unpaired) electrons. The molecule has 0 fully saturated rings. The Bertz CT molecular complexity index is 823. The third kappa shape index (κ3) is 2.73. The molecule has 3 aromatic rings. The van der Waals surface area contributed by atoms with Gasteiger partial charge in [0.15, 0.2) is 0 Å². The number of nitrogens with zero attached hydrogens (tertiary/aromatic N) is 1. The predicted octanol–water partition coefficient (Wildman–Crippen LogP) is 3.07. The number of benzene rings is 2. The summed E-state index contributed by atoms with van der Waals surface area (Å²) in [6.07, 6.45) is 0. The first-order valence-corrected chi connectivity index (χ1v) is 6.89. The largest absolute Gasteiger partial charge is 0.366 e. The lowest BCUT2D eigenvalue weighted by atomic mass is 10.1. The number of aromatic amines is 1. The van der Waals surface area contributed by atoms with Crippen molar-refractivity contribution in [2.75, 3.05) is 5.32 Å². The number of carbonyl (C=O) groups excluding carboxylic acids is 1. The molecule has 0 saturated carbocycles. The van der Waals surface area contributed by atoms with Crippen LogP contribution in [0.2, 0.25) is 5.02 Å². The van der Waals surface area contributed by atoms with Gasteiger partial charge in [0.2, 0.25) is 11.9 Å². The number of primary amides is 1. The number of amides is 1. The van der Waals surface area contributed by atoms with E-state index in [0.717, 1.165) is 5.56 Å². The van der Waals surface area contributed by atoms with Crippen LogP contribution in [-0.2, 0) is 6.54 Å². The topological polar surface area (TPSA) is 83.8 Å². The SMILES string of the molecule is NC(=O)c1ccccc1CNc1nc2cc(Cl)c(F)cc2[nH]1. The van der Waals surface area contributed by atoms with Crippen molar-refractivity contribution in [1.82, 2.24) is 9.97 Å². The Kier molecular flexibility index (Phi) is 3.68. The van der Waals surface area contributed by atoms with Crippen LogP contribution in [0.4, 0.5) is 10.3 Å². The van der Waals surface area contributed by atoms with E-state index >= 15 is 0 Å². The van der Waals surface area contributed by atoms with E-state index in [1.165, 1.54) is 12.1 Å². The molecule has 0 saturated heterocycles. The van der Waals surface area contributed by atoms with Gasteiger partial charge in [-0.05, 0) is 17.7 Å². The van der Waals surface area contributed by atoms with Gasteiger partial charge in [-0.3, -0.25) is 4.79 Å². The molecule has 112 valence electrons. The maximum Gasteiger partial charge on any atom is 0.249 e. The Morgan fingerprint density at radius 3 is 2.91 bits per heavy atom. The lowest BCUT2D eigenvalue weighted by Crippen LogP contribution is -2.15. The van der Waals surface area contributed by atoms with Crippen LogP contribution in [0.3, 0.4) is 0 Å². The standard InChI is InChI=1S/C15H12ClFN4O/c16-10-5-12-13(6-11(10)17)21-15(20-12)19-7-8-3-1-2-4-9(8)14(18)22/h1-6H,7H2,(H2,18,22)(H2,19,20,21). The average molecular weight is 319 g/mol. The minimum absolute atomic E-state index is 0.0182. The van der Waals surface area contributed by atoms with Crippen molar-refractivity contribution >= 4 is 34.5 Å². The lowest BCUT2D eigenvalue weighted by molar-refractivity contribution is 0.0999. The molecule has 4 N–H and O–H groups in total. The highest BCUT2D eigenvalue weighted by molar-refractivity contribution is 6.31. The van der Waals surface area contributed by atoms with Gasteiger partial charge in [-0.1, -0.05) is 29.8 Å². The molecular formula is C15H12ClFN4O. The summed E-state index contributed by atoms with van der Waals surface area (Å²) in [4.78, 5) is 18.6. The number of rotatable bonds is 4. The van der Waals surface area contributed by atoms with E-state index in [0.29, 0.717) is 29.1 Å². The first-order valence-electron chi connectivity index (χ1n) is 6.51. The number of hydrogen-bond acceptors (Lipinski definition) is 3. The second-order valence-corrected chi connectivity index (χ2v) is 5.15. The van der Waals surface area contributed by atoms with E-state index in [2.05, 4.69) is 15.3 Å². The van der Waals surface area contributed by atoms with Crippen LogP contribution < -0.4 is 11.1 Å². The van der Waals surface area contributed by atoms with Gasteiger partial charge < -0.3 is 16.0 Å². The number of aromatic nitrogens is 2. The van der Waals surface area contributed by atoms with Crippen molar-refractivity contribution in [2.45, 2.75) is 6.54 Å². The number of imidazole rings is 1. The summed E-state index contributed by atoms with van der Waals surface area (Å²) >= 11 is 5.72. The van der Waals surface area contributed by atoms with Crippen LogP contribution in [0.5, 0.6) is 0 Å². The summed E-state index contributed by atoms with van der Waals surface area (Å²) in [7, 11) is 0. The maximum absolute atomic E-state index is 13.4. The fourth-order valence-corrected chi connectivity index (χ4v) is 2.34. The summed E-state index contributed by atoms with van der Waals surface area (Å²) < 4.78 is 13.4. The van der Waals surface area contributed by atoms with Crippen molar-refractivity contribution in [3.8, 4) is 0 Å². The number of H-pyrrole nitrogens is 1. The summed E-state index contributed by atoms with van der Waals surface area (Å²) in [5.74, 6) is -0.546. The molecule has 0 spiro atoms. The summed E-state index contributed by atoms with van der Waals surface area (Å²) in [6, 6.07) is 9.75. The molecule has 3 rings (SSSR count). The number of halogens is 2. The second kappa shape index (κ2) is 5.65. The maximum atomic E-state index is 13.4. The van der Waals surface area contributed by atoms with Gasteiger partial charge in [0, 0.05) is 18.2 Å². The Morgan fingerprint density at radius 1 is 1.36 bits per heavy atom. The molecule has 7 heteroatoms. The fourth-order valence-electron chi connectivity index (χ4n) is 2.18. The number of nitrogens with one attached hydrogen (secondary N) is 2. The van der Waals surface area contributed by atoms with Crippen molar-refractivity contribution in [3.05, 3.63) is 58.4 Å². The van der Waals surface area contributed by atoms with Crippen LogP contribution in [-0.4, -0.2) is 15.9 Å². The number of hydrogen-bond donors (Lipinski definition) is 3. The minimum Gasteiger partial charge on any atom is -0.366 e. The second-order valence-electron chi connectivity index (χ2n) is 4.74. The smallest absolute Gasteiger partial charge is 0.249 e. The van der Waals surface area contributed by atoms with Gasteiger partial charge >= 0.3 is 0 Å². The minimum atomic E-state index is -0.511. The Balaban J connectivity index is 1.84. The van der Waals surface area contributed by atoms with Gasteiger partial charge in [0.05, 0.1) is 16.1 Å². The first kappa shape index (κ1) is 14.3. The van der Waals surface area contributed by atoms with Gasteiger partial charge in [-0.15, -0.1) is 0 Å². The van der Waals surface area contributed by atoms with Crippen molar-refractivity contribution in [3.63, 3.8) is 0 Å². The van der Waals surface area contributed by atoms with Crippen LogP contribution in [0.25, 0.3) is 11.0 Å². The molecule has 22 heavy (non-hydrogen) atoms. The predicted molar refractivity (Wildman–Crippen MR) is 83.3 cm³/mol. The molecule has 0 aliphatic carbocycles. The van der Waals surface area contributed by atoms with E-state index in [4.69, 9.17) is 17.3 Å². The zero-order valence-electron chi connectivity index (χ0n) is 11.4. The highest BCUT2D eigenvalue weighted by Gasteiger charge is 2.10. The van der Waals surface area contributed by atoms with E-state index in [9.17, 15) is 9.18 Å². The monoisotopic (exact) mass is 318 g/mol. The molecule has 1 amide bonds. The zero-order chi connectivity index (χ0) is 15.7. The Labute approximate surface area is 130 Å². The molecule has 0 bridgehead atoms. The fraction of sp³-hybridized carbons (Fsp3) is 0.0667. The molecule has 2 aromatic carbocycles. The van der Waals surface area contributed by atoms with Crippen molar-refractivity contribution in [1.29, 1.82) is 0 Å². The third-order valence-electron chi connectivity index (χ3n) is 3.25. The van der Waals surface area contributed by atoms with Crippen molar-refractivity contribution < 1.29 is 9.18 Å². The lowest BCUT2D eigenvalue weighted by Gasteiger charge is -2.07.